The molecule has 10 heteroatoms. The highest BCUT2D eigenvalue weighted by Gasteiger charge is 2.43. The van der Waals surface area contributed by atoms with Crippen molar-refractivity contribution >= 4 is 23.7 Å². The molecule has 1 N–H and O–H groups in total. The molecule has 1 heterocycles. The minimum atomic E-state index is -1.19. The monoisotopic (exact) mass is 404 g/mol. The number of hydrogen-bond acceptors (Lipinski definition) is 6. The highest BCUT2D eigenvalue weighted by atomic mass is 16.6. The fraction of sp³-hybridized carbons (Fsp3) is 0.421. The first kappa shape index (κ1) is 21.9. The third-order valence-electron chi connectivity index (χ3n) is 4.05. The van der Waals surface area contributed by atoms with Crippen LogP contribution in [0.25, 0.3) is 0 Å². The van der Waals surface area contributed by atoms with E-state index in [1.54, 1.807) is 20.8 Å². The van der Waals surface area contributed by atoms with Crippen LogP contribution in [0.3, 0.4) is 0 Å². The van der Waals surface area contributed by atoms with Crippen LogP contribution < -0.4 is 5.32 Å². The van der Waals surface area contributed by atoms with Crippen molar-refractivity contribution in [1.29, 1.82) is 0 Å². The van der Waals surface area contributed by atoms with Crippen LogP contribution in [0.1, 0.15) is 39.3 Å². The van der Waals surface area contributed by atoms with E-state index in [0.717, 1.165) is 4.90 Å². The Bertz CT molecular complexity index is 900. The molecule has 1 aliphatic rings. The molecule has 0 saturated carbocycles. The van der Waals surface area contributed by atoms with E-state index in [9.17, 15) is 24.5 Å². The lowest BCUT2D eigenvalue weighted by Gasteiger charge is -2.38. The van der Waals surface area contributed by atoms with Crippen LogP contribution in [-0.2, 0) is 9.53 Å². The van der Waals surface area contributed by atoms with E-state index in [-0.39, 0.29) is 22.5 Å². The van der Waals surface area contributed by atoms with E-state index >= 15 is 0 Å². The highest BCUT2D eigenvalue weighted by molar-refractivity contribution is 6.01. The number of nitrogens with zero attached hydrogens (tertiary/aromatic N) is 3. The van der Waals surface area contributed by atoms with Gasteiger partial charge in [-0.05, 0) is 33.3 Å². The summed E-state index contributed by atoms with van der Waals surface area (Å²) in [5.74, 6) is -0.733. The number of imide groups is 1. The number of nitrogens with one attached hydrogen (secondary N) is 1. The Morgan fingerprint density at radius 2 is 1.90 bits per heavy atom. The number of nitro benzene ring substituents is 1. The second kappa shape index (κ2) is 7.90. The molecule has 1 aromatic rings. The molecule has 0 spiro atoms. The molecule has 0 bridgehead atoms. The predicted molar refractivity (Wildman–Crippen MR) is 104 cm³/mol. The van der Waals surface area contributed by atoms with E-state index in [1.807, 2.05) is 0 Å². The summed E-state index contributed by atoms with van der Waals surface area (Å²) in [6, 6.07) is 2.85. The Kier molecular flexibility index (Phi) is 5.96. The number of non-ortho nitro benzene ring substituents is 1. The number of carbonyl (C=O) groups excluding carboxylic acids is 3. The number of rotatable bonds is 3. The molecule has 0 fully saturated rings. The molecule has 4 amide bonds. The maximum absolute atomic E-state index is 13.0. The van der Waals surface area contributed by atoms with E-state index in [0.29, 0.717) is 0 Å². The van der Waals surface area contributed by atoms with Gasteiger partial charge in [0.2, 0.25) is 0 Å². The summed E-state index contributed by atoms with van der Waals surface area (Å²) in [7, 11) is 2.91. The molecular formula is C19H24N4O6. The zero-order chi connectivity index (χ0) is 22.1. The molecule has 2 rings (SSSR count). The maximum atomic E-state index is 13.0. The number of allylic oxidation sites excluding steroid dienone is 1. The van der Waals surface area contributed by atoms with Crippen molar-refractivity contribution < 1.29 is 24.0 Å². The van der Waals surface area contributed by atoms with Gasteiger partial charge >= 0.3 is 18.0 Å². The summed E-state index contributed by atoms with van der Waals surface area (Å²) in [6.07, 6.45) is 0. The maximum Gasteiger partial charge on any atom is 0.338 e. The van der Waals surface area contributed by atoms with Gasteiger partial charge in [0.15, 0.2) is 0 Å². The van der Waals surface area contributed by atoms with Gasteiger partial charge in [0.1, 0.15) is 11.6 Å². The van der Waals surface area contributed by atoms with Crippen molar-refractivity contribution in [2.45, 2.75) is 39.3 Å². The average Bonchev–Trinajstić information content (AvgIpc) is 2.58. The SMILES string of the molecule is CC1=C(C(=O)OC(C)(C)C)C(c2cccc([N+](=O)[O-])c2)N(C(=O)N(C)C)C(=O)N1. The Balaban J connectivity index is 2.71. The largest absolute Gasteiger partial charge is 0.456 e. The van der Waals surface area contributed by atoms with Crippen molar-refractivity contribution in [3.8, 4) is 0 Å². The zero-order valence-corrected chi connectivity index (χ0v) is 17.2. The molecule has 0 aromatic heterocycles. The Hall–Kier alpha value is -3.43. The highest BCUT2D eigenvalue weighted by Crippen LogP contribution is 2.36. The number of carbonyl (C=O) groups is 3. The van der Waals surface area contributed by atoms with Crippen molar-refractivity contribution in [1.82, 2.24) is 15.1 Å². The summed E-state index contributed by atoms with van der Waals surface area (Å²) < 4.78 is 5.47. The first-order valence-corrected chi connectivity index (χ1v) is 8.83. The molecule has 0 saturated heterocycles. The lowest BCUT2D eigenvalue weighted by Crippen LogP contribution is -2.54. The molecule has 1 aliphatic heterocycles. The molecule has 29 heavy (non-hydrogen) atoms. The fourth-order valence-electron chi connectivity index (χ4n) is 2.87. The van der Waals surface area contributed by atoms with Crippen LogP contribution in [0.2, 0.25) is 0 Å². The predicted octanol–water partition coefficient (Wildman–Crippen LogP) is 2.96. The number of urea groups is 2. The summed E-state index contributed by atoms with van der Waals surface area (Å²) in [5.41, 5.74) is -0.578. The van der Waals surface area contributed by atoms with Gasteiger partial charge in [-0.1, -0.05) is 12.1 Å². The van der Waals surface area contributed by atoms with Gasteiger partial charge in [-0.25, -0.2) is 19.3 Å². The van der Waals surface area contributed by atoms with E-state index in [2.05, 4.69) is 5.32 Å². The number of hydrogen-bond donors (Lipinski definition) is 1. The molecular weight excluding hydrogens is 380 g/mol. The van der Waals surface area contributed by atoms with Crippen molar-refractivity contribution in [3.63, 3.8) is 0 Å². The van der Waals surface area contributed by atoms with Gasteiger partial charge in [-0.15, -0.1) is 0 Å². The number of benzene rings is 1. The molecule has 10 nitrogen and oxygen atoms in total. The molecule has 156 valence electrons. The molecule has 0 radical (unpaired) electrons. The van der Waals surface area contributed by atoms with Gasteiger partial charge in [-0.3, -0.25) is 10.1 Å². The number of ether oxygens (including phenoxy) is 1. The third-order valence-corrected chi connectivity index (χ3v) is 4.05. The second-order valence-corrected chi connectivity index (χ2v) is 7.77. The molecule has 1 atom stereocenters. The van der Waals surface area contributed by atoms with Crippen LogP contribution >= 0.6 is 0 Å². The first-order chi connectivity index (χ1) is 13.3. The van der Waals surface area contributed by atoms with Crippen molar-refractivity contribution in [2.24, 2.45) is 0 Å². The lowest BCUT2D eigenvalue weighted by molar-refractivity contribution is -0.384. The molecule has 0 aliphatic carbocycles. The van der Waals surface area contributed by atoms with E-state index in [4.69, 9.17) is 4.74 Å². The smallest absolute Gasteiger partial charge is 0.338 e. The van der Waals surface area contributed by atoms with E-state index < -0.39 is 34.6 Å². The van der Waals surface area contributed by atoms with Crippen LogP contribution in [0.4, 0.5) is 15.3 Å². The number of amides is 4. The molecule has 1 unspecified atom stereocenters. The minimum Gasteiger partial charge on any atom is -0.456 e. The summed E-state index contributed by atoms with van der Waals surface area (Å²) in [4.78, 5) is 51.0. The summed E-state index contributed by atoms with van der Waals surface area (Å²) in [5, 5.41) is 13.7. The zero-order valence-electron chi connectivity index (χ0n) is 17.2. The lowest BCUT2D eigenvalue weighted by atomic mass is 9.93. The topological polar surface area (TPSA) is 122 Å². The van der Waals surface area contributed by atoms with Crippen LogP contribution in [0.5, 0.6) is 0 Å². The van der Waals surface area contributed by atoms with Crippen LogP contribution in [0, 0.1) is 10.1 Å². The van der Waals surface area contributed by atoms with Gasteiger partial charge in [0.25, 0.3) is 5.69 Å². The summed E-state index contributed by atoms with van der Waals surface area (Å²) in [6.45, 7) is 6.58. The molecule has 1 aromatic carbocycles. The number of nitro groups is 1. The Labute approximate surface area is 168 Å². The van der Waals surface area contributed by atoms with E-state index in [1.165, 1.54) is 50.2 Å². The summed E-state index contributed by atoms with van der Waals surface area (Å²) >= 11 is 0. The first-order valence-electron chi connectivity index (χ1n) is 8.83. The minimum absolute atomic E-state index is 0.0234. The standard InChI is InChI=1S/C19H24N4O6/c1-11-14(16(24)29-19(2,3)4)15(12-8-7-9-13(10-12)23(27)28)22(17(25)20-11)18(26)21(5)6/h7-10,15H,1-6H3,(H,20,25). The second-order valence-electron chi connectivity index (χ2n) is 7.77. The third kappa shape index (κ3) is 4.71. The van der Waals surface area contributed by atoms with Crippen molar-refractivity contribution in [3.05, 3.63) is 51.2 Å². The van der Waals surface area contributed by atoms with Crippen LogP contribution in [0.15, 0.2) is 35.5 Å². The normalized spacial score (nSPS) is 17.0. The fourth-order valence-corrected chi connectivity index (χ4v) is 2.87. The van der Waals surface area contributed by atoms with Gasteiger partial charge in [0.05, 0.1) is 10.5 Å². The van der Waals surface area contributed by atoms with Gasteiger partial charge in [0, 0.05) is 31.9 Å². The van der Waals surface area contributed by atoms with Gasteiger partial charge < -0.3 is 15.0 Å². The van der Waals surface area contributed by atoms with Gasteiger partial charge in [-0.2, -0.15) is 0 Å². The van der Waals surface area contributed by atoms with Crippen molar-refractivity contribution in [2.75, 3.05) is 14.1 Å². The average molecular weight is 404 g/mol. The Morgan fingerprint density at radius 1 is 1.28 bits per heavy atom. The Morgan fingerprint density at radius 3 is 2.41 bits per heavy atom. The van der Waals surface area contributed by atoms with Crippen LogP contribution in [-0.4, -0.2) is 52.5 Å². The number of esters is 1. The quantitative estimate of drug-likeness (QED) is 0.469.